The number of rotatable bonds is 3. The number of fused-ring (bicyclic) bond motifs is 2. The number of aryl methyl sites for hydroxylation is 2. The molecule has 4 rings (SSSR count). The standard InChI is InChI=1S/C22H19NO2/c1-14-10-11-19-17(13-25-22(19)15(14)2)12-21(24)23-20-9-5-7-16-6-3-4-8-18(16)20/h3-11,13H,12H2,1-2H3,(H,23,24). The van der Waals surface area contributed by atoms with Gasteiger partial charge in [0.15, 0.2) is 0 Å². The van der Waals surface area contributed by atoms with Crippen molar-refractivity contribution in [1.82, 2.24) is 0 Å². The van der Waals surface area contributed by atoms with Crippen LogP contribution in [-0.4, -0.2) is 5.91 Å². The van der Waals surface area contributed by atoms with Crippen LogP contribution in [0.15, 0.2) is 65.3 Å². The molecule has 124 valence electrons. The number of anilines is 1. The van der Waals surface area contributed by atoms with E-state index < -0.39 is 0 Å². The Hall–Kier alpha value is -3.07. The van der Waals surface area contributed by atoms with E-state index in [-0.39, 0.29) is 5.91 Å². The van der Waals surface area contributed by atoms with Crippen LogP contribution in [0.5, 0.6) is 0 Å². The minimum atomic E-state index is -0.0442. The Morgan fingerprint density at radius 1 is 0.960 bits per heavy atom. The molecule has 0 unspecified atom stereocenters. The van der Waals surface area contributed by atoms with E-state index in [2.05, 4.69) is 18.3 Å². The number of hydrogen-bond acceptors (Lipinski definition) is 2. The van der Waals surface area contributed by atoms with Crippen molar-refractivity contribution in [2.75, 3.05) is 5.32 Å². The maximum absolute atomic E-state index is 12.6. The summed E-state index contributed by atoms with van der Waals surface area (Å²) in [6.45, 7) is 4.10. The molecule has 3 aromatic carbocycles. The van der Waals surface area contributed by atoms with Crippen LogP contribution in [-0.2, 0) is 11.2 Å². The largest absolute Gasteiger partial charge is 0.464 e. The topological polar surface area (TPSA) is 42.2 Å². The minimum absolute atomic E-state index is 0.0442. The van der Waals surface area contributed by atoms with Gasteiger partial charge in [0.25, 0.3) is 0 Å². The van der Waals surface area contributed by atoms with Gasteiger partial charge in [-0.1, -0.05) is 48.5 Å². The van der Waals surface area contributed by atoms with Crippen LogP contribution in [0.1, 0.15) is 16.7 Å². The third-order valence-electron chi connectivity index (χ3n) is 4.76. The van der Waals surface area contributed by atoms with Crippen molar-refractivity contribution in [1.29, 1.82) is 0 Å². The summed E-state index contributed by atoms with van der Waals surface area (Å²) in [4.78, 5) is 12.6. The lowest BCUT2D eigenvalue weighted by molar-refractivity contribution is -0.115. The molecule has 1 aromatic heterocycles. The van der Waals surface area contributed by atoms with Gasteiger partial charge in [0.1, 0.15) is 5.58 Å². The first-order valence-electron chi connectivity index (χ1n) is 8.37. The van der Waals surface area contributed by atoms with Gasteiger partial charge in [0, 0.05) is 22.0 Å². The molecule has 0 bridgehead atoms. The van der Waals surface area contributed by atoms with Crippen molar-refractivity contribution in [3.8, 4) is 0 Å². The monoisotopic (exact) mass is 329 g/mol. The number of carbonyl (C=O) groups is 1. The number of nitrogens with one attached hydrogen (secondary N) is 1. The molecule has 3 heteroatoms. The average Bonchev–Trinajstić information content (AvgIpc) is 3.02. The molecule has 0 spiro atoms. The zero-order valence-corrected chi connectivity index (χ0v) is 14.3. The van der Waals surface area contributed by atoms with Gasteiger partial charge in [0.05, 0.1) is 12.7 Å². The molecule has 4 aromatic rings. The number of carbonyl (C=O) groups excluding carboxylic acids is 1. The summed E-state index contributed by atoms with van der Waals surface area (Å²) in [6, 6.07) is 18.1. The second-order valence-electron chi connectivity index (χ2n) is 6.40. The summed E-state index contributed by atoms with van der Waals surface area (Å²) >= 11 is 0. The van der Waals surface area contributed by atoms with E-state index in [9.17, 15) is 4.79 Å². The van der Waals surface area contributed by atoms with E-state index in [1.54, 1.807) is 6.26 Å². The predicted octanol–water partition coefficient (Wildman–Crippen LogP) is 5.38. The molecule has 3 nitrogen and oxygen atoms in total. The molecule has 1 amide bonds. The fourth-order valence-electron chi connectivity index (χ4n) is 3.23. The molecule has 0 aliphatic carbocycles. The average molecular weight is 329 g/mol. The zero-order chi connectivity index (χ0) is 17.4. The molecule has 0 radical (unpaired) electrons. The van der Waals surface area contributed by atoms with E-state index in [1.165, 1.54) is 5.56 Å². The first-order chi connectivity index (χ1) is 12.1. The van der Waals surface area contributed by atoms with Crippen molar-refractivity contribution in [2.24, 2.45) is 0 Å². The number of amides is 1. The van der Waals surface area contributed by atoms with Crippen LogP contribution in [0.3, 0.4) is 0 Å². The van der Waals surface area contributed by atoms with E-state index in [1.807, 2.05) is 55.5 Å². The summed E-state index contributed by atoms with van der Waals surface area (Å²) in [7, 11) is 0. The maximum Gasteiger partial charge on any atom is 0.228 e. The molecule has 0 fully saturated rings. The maximum atomic E-state index is 12.6. The van der Waals surface area contributed by atoms with Gasteiger partial charge in [-0.15, -0.1) is 0 Å². The lowest BCUT2D eigenvalue weighted by Gasteiger charge is -2.08. The van der Waals surface area contributed by atoms with Crippen molar-refractivity contribution in [3.63, 3.8) is 0 Å². The molecule has 1 N–H and O–H groups in total. The van der Waals surface area contributed by atoms with Gasteiger partial charge in [0.2, 0.25) is 5.91 Å². The minimum Gasteiger partial charge on any atom is -0.464 e. The van der Waals surface area contributed by atoms with Gasteiger partial charge < -0.3 is 9.73 Å². The highest BCUT2D eigenvalue weighted by atomic mass is 16.3. The summed E-state index contributed by atoms with van der Waals surface area (Å²) < 4.78 is 5.70. The second-order valence-corrected chi connectivity index (χ2v) is 6.40. The number of furan rings is 1. The Kier molecular flexibility index (Phi) is 3.77. The summed E-state index contributed by atoms with van der Waals surface area (Å²) in [5, 5.41) is 6.20. The van der Waals surface area contributed by atoms with E-state index >= 15 is 0 Å². The molecule has 0 saturated carbocycles. The van der Waals surface area contributed by atoms with Gasteiger partial charge in [-0.2, -0.15) is 0 Å². The fourth-order valence-corrected chi connectivity index (χ4v) is 3.23. The molecule has 0 aliphatic rings. The molecule has 0 aliphatic heterocycles. The number of benzene rings is 3. The van der Waals surface area contributed by atoms with Gasteiger partial charge in [-0.3, -0.25) is 4.79 Å². The highest BCUT2D eigenvalue weighted by Gasteiger charge is 2.13. The van der Waals surface area contributed by atoms with E-state index in [0.29, 0.717) is 6.42 Å². The van der Waals surface area contributed by atoms with Crippen LogP contribution in [0.2, 0.25) is 0 Å². The lowest BCUT2D eigenvalue weighted by atomic mass is 10.0. The molecule has 0 saturated heterocycles. The molecular weight excluding hydrogens is 310 g/mol. The van der Waals surface area contributed by atoms with Crippen molar-refractivity contribution >= 4 is 33.3 Å². The molecule has 1 heterocycles. The lowest BCUT2D eigenvalue weighted by Crippen LogP contribution is -2.14. The van der Waals surface area contributed by atoms with E-state index in [0.717, 1.165) is 38.6 Å². The van der Waals surface area contributed by atoms with Gasteiger partial charge >= 0.3 is 0 Å². The Bertz CT molecular complexity index is 1090. The van der Waals surface area contributed by atoms with E-state index in [4.69, 9.17) is 4.42 Å². The predicted molar refractivity (Wildman–Crippen MR) is 102 cm³/mol. The Labute approximate surface area is 146 Å². The highest BCUT2D eigenvalue weighted by molar-refractivity contribution is 6.03. The summed E-state index contributed by atoms with van der Waals surface area (Å²) in [5.41, 5.74) is 4.93. The summed E-state index contributed by atoms with van der Waals surface area (Å²) in [6.07, 6.45) is 1.98. The third-order valence-corrected chi connectivity index (χ3v) is 4.76. The van der Waals surface area contributed by atoms with Crippen molar-refractivity contribution < 1.29 is 9.21 Å². The smallest absolute Gasteiger partial charge is 0.228 e. The van der Waals surface area contributed by atoms with Crippen LogP contribution in [0.25, 0.3) is 21.7 Å². The Morgan fingerprint density at radius 2 is 1.76 bits per heavy atom. The molecule has 0 atom stereocenters. The SMILES string of the molecule is Cc1ccc2c(CC(=O)Nc3cccc4ccccc34)coc2c1C. The quantitative estimate of drug-likeness (QED) is 0.548. The second kappa shape index (κ2) is 6.10. The highest BCUT2D eigenvalue weighted by Crippen LogP contribution is 2.27. The third kappa shape index (κ3) is 2.78. The van der Waals surface area contributed by atoms with Gasteiger partial charge in [-0.05, 0) is 36.4 Å². The molecule has 25 heavy (non-hydrogen) atoms. The van der Waals surface area contributed by atoms with Crippen LogP contribution in [0.4, 0.5) is 5.69 Å². The normalized spacial score (nSPS) is 11.1. The first-order valence-corrected chi connectivity index (χ1v) is 8.37. The van der Waals surface area contributed by atoms with Crippen molar-refractivity contribution in [2.45, 2.75) is 20.3 Å². The first kappa shape index (κ1) is 15.5. The van der Waals surface area contributed by atoms with Crippen LogP contribution >= 0.6 is 0 Å². The molecular formula is C22H19NO2. The number of hydrogen-bond donors (Lipinski definition) is 1. The van der Waals surface area contributed by atoms with Gasteiger partial charge in [-0.25, -0.2) is 0 Å². The fraction of sp³-hybridized carbons (Fsp3) is 0.136. The van der Waals surface area contributed by atoms with Crippen LogP contribution in [0, 0.1) is 13.8 Å². The zero-order valence-electron chi connectivity index (χ0n) is 14.3. The summed E-state index contributed by atoms with van der Waals surface area (Å²) in [5.74, 6) is -0.0442. The van der Waals surface area contributed by atoms with Crippen molar-refractivity contribution in [3.05, 3.63) is 77.6 Å². The Balaban J connectivity index is 1.61. The Morgan fingerprint density at radius 3 is 2.64 bits per heavy atom. The van der Waals surface area contributed by atoms with Crippen LogP contribution < -0.4 is 5.32 Å².